The van der Waals surface area contributed by atoms with Gasteiger partial charge in [-0.05, 0) is 42.5 Å². The molecule has 2 amide bonds. The average molecular weight is 459 g/mol. The van der Waals surface area contributed by atoms with Crippen molar-refractivity contribution in [3.63, 3.8) is 0 Å². The van der Waals surface area contributed by atoms with Gasteiger partial charge in [0.2, 0.25) is 5.91 Å². The first-order valence-electron chi connectivity index (χ1n) is 10.3. The molecule has 4 rings (SSSR count). The first-order valence-corrected chi connectivity index (χ1v) is 10.7. The van der Waals surface area contributed by atoms with Gasteiger partial charge in [-0.15, -0.1) is 0 Å². The number of carbonyl (C=O) groups excluding carboxylic acids is 2. The molecule has 0 saturated carbocycles. The Balaban J connectivity index is 1.29. The van der Waals surface area contributed by atoms with Crippen molar-refractivity contribution in [1.82, 2.24) is 9.80 Å². The highest BCUT2D eigenvalue weighted by molar-refractivity contribution is 6.33. The minimum Gasteiger partial charge on any atom is -0.461 e. The molecule has 2 heterocycles. The molecule has 3 aromatic rings. The first kappa shape index (κ1) is 22.0. The molecule has 2 aromatic carbocycles. The van der Waals surface area contributed by atoms with E-state index in [1.54, 1.807) is 40.1 Å². The van der Waals surface area contributed by atoms with Crippen LogP contribution in [0, 0.1) is 11.6 Å². The van der Waals surface area contributed by atoms with E-state index in [9.17, 15) is 18.4 Å². The summed E-state index contributed by atoms with van der Waals surface area (Å²) < 4.78 is 32.8. The molecular weight excluding hydrogens is 438 g/mol. The molecule has 1 saturated heterocycles. The lowest BCUT2D eigenvalue weighted by Gasteiger charge is -2.35. The van der Waals surface area contributed by atoms with E-state index in [0.29, 0.717) is 49.7 Å². The van der Waals surface area contributed by atoms with Crippen molar-refractivity contribution in [2.24, 2.45) is 0 Å². The Morgan fingerprint density at radius 1 is 0.938 bits per heavy atom. The molecule has 0 N–H and O–H groups in total. The summed E-state index contributed by atoms with van der Waals surface area (Å²) in [7, 11) is 0. The number of amides is 2. The quantitative estimate of drug-likeness (QED) is 0.552. The van der Waals surface area contributed by atoms with Crippen LogP contribution in [0.4, 0.5) is 8.78 Å². The Morgan fingerprint density at radius 3 is 2.38 bits per heavy atom. The summed E-state index contributed by atoms with van der Waals surface area (Å²) in [5, 5.41) is 0.0710. The Bertz CT molecular complexity index is 1140. The maximum absolute atomic E-state index is 13.9. The first-order chi connectivity index (χ1) is 15.4. The summed E-state index contributed by atoms with van der Waals surface area (Å²) in [6, 6.07) is 13.5. The van der Waals surface area contributed by atoms with Crippen molar-refractivity contribution in [3.05, 3.63) is 82.6 Å². The SMILES string of the molecule is O=C(CCc1ccc(-c2ccccc2F)o1)N1CCN(C(=O)c2ccc(F)cc2Cl)CC1. The van der Waals surface area contributed by atoms with E-state index in [1.807, 2.05) is 0 Å². The van der Waals surface area contributed by atoms with Crippen LogP contribution in [0.25, 0.3) is 11.3 Å². The summed E-state index contributed by atoms with van der Waals surface area (Å²) in [6.45, 7) is 1.55. The normalized spacial score (nSPS) is 14.0. The van der Waals surface area contributed by atoms with E-state index in [-0.39, 0.29) is 34.6 Å². The van der Waals surface area contributed by atoms with Crippen molar-refractivity contribution in [2.75, 3.05) is 26.2 Å². The number of halogens is 3. The van der Waals surface area contributed by atoms with Crippen molar-refractivity contribution < 1.29 is 22.8 Å². The molecule has 1 fully saturated rings. The fourth-order valence-corrected chi connectivity index (χ4v) is 3.95. The molecule has 1 aliphatic rings. The van der Waals surface area contributed by atoms with Crippen LogP contribution < -0.4 is 0 Å². The van der Waals surface area contributed by atoms with Crippen LogP contribution >= 0.6 is 11.6 Å². The van der Waals surface area contributed by atoms with Gasteiger partial charge in [0.25, 0.3) is 5.91 Å². The van der Waals surface area contributed by atoms with Gasteiger partial charge in [-0.3, -0.25) is 9.59 Å². The van der Waals surface area contributed by atoms with Gasteiger partial charge in [0, 0.05) is 39.0 Å². The number of piperazine rings is 1. The number of rotatable bonds is 5. The highest BCUT2D eigenvalue weighted by atomic mass is 35.5. The molecule has 32 heavy (non-hydrogen) atoms. The third-order valence-electron chi connectivity index (χ3n) is 5.47. The highest BCUT2D eigenvalue weighted by Gasteiger charge is 2.26. The van der Waals surface area contributed by atoms with E-state index in [1.165, 1.54) is 18.2 Å². The summed E-state index contributed by atoms with van der Waals surface area (Å²) >= 11 is 5.99. The van der Waals surface area contributed by atoms with Gasteiger partial charge in [0.15, 0.2) is 0 Å². The number of hydrogen-bond donors (Lipinski definition) is 0. The van der Waals surface area contributed by atoms with Crippen LogP contribution in [-0.2, 0) is 11.2 Å². The van der Waals surface area contributed by atoms with E-state index in [2.05, 4.69) is 0 Å². The number of aryl methyl sites for hydroxylation is 1. The number of hydrogen-bond acceptors (Lipinski definition) is 3. The third-order valence-corrected chi connectivity index (χ3v) is 5.78. The Hall–Kier alpha value is -3.19. The van der Waals surface area contributed by atoms with Crippen LogP contribution in [0.15, 0.2) is 59.0 Å². The van der Waals surface area contributed by atoms with E-state index >= 15 is 0 Å². The smallest absolute Gasteiger partial charge is 0.255 e. The van der Waals surface area contributed by atoms with E-state index in [0.717, 1.165) is 6.07 Å². The van der Waals surface area contributed by atoms with E-state index in [4.69, 9.17) is 16.0 Å². The van der Waals surface area contributed by atoms with Crippen molar-refractivity contribution >= 4 is 23.4 Å². The Labute approximate surface area is 189 Å². The number of nitrogens with zero attached hydrogens (tertiary/aromatic N) is 2. The lowest BCUT2D eigenvalue weighted by atomic mass is 10.1. The lowest BCUT2D eigenvalue weighted by Crippen LogP contribution is -2.50. The third kappa shape index (κ3) is 4.83. The summed E-state index contributed by atoms with van der Waals surface area (Å²) in [5.74, 6) is -0.147. The maximum atomic E-state index is 13.9. The van der Waals surface area contributed by atoms with Gasteiger partial charge in [0.05, 0.1) is 16.1 Å². The maximum Gasteiger partial charge on any atom is 0.255 e. The van der Waals surface area contributed by atoms with Crippen LogP contribution in [0.3, 0.4) is 0 Å². The van der Waals surface area contributed by atoms with Gasteiger partial charge >= 0.3 is 0 Å². The molecule has 5 nitrogen and oxygen atoms in total. The summed E-state index contributed by atoms with van der Waals surface area (Å²) in [6.07, 6.45) is 0.652. The van der Waals surface area contributed by atoms with Crippen LogP contribution in [0.5, 0.6) is 0 Å². The molecule has 1 aromatic heterocycles. The molecule has 1 aliphatic heterocycles. The topological polar surface area (TPSA) is 53.8 Å². The molecular formula is C24H21ClF2N2O3. The lowest BCUT2D eigenvalue weighted by molar-refractivity contribution is -0.132. The van der Waals surface area contributed by atoms with Crippen molar-refractivity contribution in [1.29, 1.82) is 0 Å². The fraction of sp³-hybridized carbons (Fsp3) is 0.250. The molecule has 0 radical (unpaired) electrons. The largest absolute Gasteiger partial charge is 0.461 e. The Kier molecular flexibility index (Phi) is 6.55. The van der Waals surface area contributed by atoms with Gasteiger partial charge < -0.3 is 14.2 Å². The average Bonchev–Trinajstić information content (AvgIpc) is 3.26. The second-order valence-electron chi connectivity index (χ2n) is 7.54. The minimum absolute atomic E-state index is 0.0410. The zero-order valence-corrected chi connectivity index (χ0v) is 17.9. The second-order valence-corrected chi connectivity index (χ2v) is 7.95. The molecule has 0 atom stereocenters. The second kappa shape index (κ2) is 9.53. The number of carbonyl (C=O) groups is 2. The van der Waals surface area contributed by atoms with Crippen LogP contribution in [0.1, 0.15) is 22.5 Å². The van der Waals surface area contributed by atoms with Crippen molar-refractivity contribution in [3.8, 4) is 11.3 Å². The zero-order chi connectivity index (χ0) is 22.7. The van der Waals surface area contributed by atoms with Crippen LogP contribution in [0.2, 0.25) is 5.02 Å². The highest BCUT2D eigenvalue weighted by Crippen LogP contribution is 2.25. The standard InChI is InChI=1S/C24H21ClF2N2O3/c25-20-15-16(26)5-8-18(20)24(31)29-13-11-28(12-14-29)23(30)10-7-17-6-9-22(32-17)19-3-1-2-4-21(19)27/h1-6,8-9,15H,7,10-14H2. The van der Waals surface area contributed by atoms with Crippen LogP contribution in [-0.4, -0.2) is 47.8 Å². The van der Waals surface area contributed by atoms with Gasteiger partial charge in [0.1, 0.15) is 23.2 Å². The number of furan rings is 1. The molecule has 0 aliphatic carbocycles. The molecule has 0 unspecified atom stereocenters. The van der Waals surface area contributed by atoms with Gasteiger partial charge in [-0.25, -0.2) is 8.78 Å². The van der Waals surface area contributed by atoms with Gasteiger partial charge in [-0.2, -0.15) is 0 Å². The Morgan fingerprint density at radius 2 is 1.66 bits per heavy atom. The molecule has 166 valence electrons. The predicted octanol–water partition coefficient (Wildman–Crippen LogP) is 4.80. The molecule has 8 heteroatoms. The minimum atomic E-state index is -0.500. The van der Waals surface area contributed by atoms with Gasteiger partial charge in [-0.1, -0.05) is 23.7 Å². The summed E-state index contributed by atoms with van der Waals surface area (Å²) in [4.78, 5) is 28.5. The fourth-order valence-electron chi connectivity index (χ4n) is 3.70. The number of benzene rings is 2. The van der Waals surface area contributed by atoms with Crippen molar-refractivity contribution in [2.45, 2.75) is 12.8 Å². The summed E-state index contributed by atoms with van der Waals surface area (Å²) in [5.41, 5.74) is 0.628. The van der Waals surface area contributed by atoms with E-state index < -0.39 is 5.82 Å². The molecule has 0 spiro atoms. The monoisotopic (exact) mass is 458 g/mol. The predicted molar refractivity (Wildman–Crippen MR) is 116 cm³/mol. The zero-order valence-electron chi connectivity index (χ0n) is 17.2. The molecule has 0 bridgehead atoms.